The standard InChI is InChI=1S/C25H37NO5S/c1-4-21(32)26(31)12-14-9-18-17-6-5-15-10-16(28)7-8-24(15,2)23(17)19(29)11-25(18,3)22(14)20(30)13-27/h7-8,10,14,17-19,21-23,27,29,31-32H,4-6,9,11-13H2,1-3H3. The zero-order valence-electron chi connectivity index (χ0n) is 19.3. The summed E-state index contributed by atoms with van der Waals surface area (Å²) in [6, 6.07) is 0. The number of carbonyl (C=O) groups excluding carboxylic acids is 2. The summed E-state index contributed by atoms with van der Waals surface area (Å²) in [6.45, 7) is 5.99. The van der Waals surface area contributed by atoms with E-state index in [9.17, 15) is 25.0 Å². The number of aliphatic hydroxyl groups is 2. The normalized spacial score (nSPS) is 44.0. The van der Waals surface area contributed by atoms with E-state index in [0.29, 0.717) is 19.4 Å². The van der Waals surface area contributed by atoms with Gasteiger partial charge in [0.15, 0.2) is 11.6 Å². The summed E-state index contributed by atoms with van der Waals surface area (Å²) in [4.78, 5) is 25.0. The lowest BCUT2D eigenvalue weighted by molar-refractivity contribution is -0.146. The molecular weight excluding hydrogens is 426 g/mol. The molecule has 0 spiro atoms. The van der Waals surface area contributed by atoms with E-state index in [1.165, 1.54) is 5.06 Å². The highest BCUT2D eigenvalue weighted by atomic mass is 32.1. The van der Waals surface area contributed by atoms with Gasteiger partial charge in [-0.25, -0.2) is 0 Å². The number of Topliss-reactive ketones (excluding diaryl/α,β-unsaturated/α-hetero) is 1. The van der Waals surface area contributed by atoms with Crippen LogP contribution in [0.4, 0.5) is 0 Å². The van der Waals surface area contributed by atoms with Crippen LogP contribution in [-0.4, -0.2) is 56.7 Å². The van der Waals surface area contributed by atoms with Crippen molar-refractivity contribution in [2.75, 3.05) is 13.2 Å². The number of fused-ring (bicyclic) bond motifs is 5. The second-order valence-electron chi connectivity index (χ2n) is 10.9. The van der Waals surface area contributed by atoms with Crippen molar-refractivity contribution in [3.05, 3.63) is 23.8 Å². The van der Waals surface area contributed by atoms with Gasteiger partial charge in [0.2, 0.25) is 0 Å². The minimum absolute atomic E-state index is 0.00736. The van der Waals surface area contributed by atoms with E-state index in [4.69, 9.17) is 0 Å². The topological polar surface area (TPSA) is 98.1 Å². The Morgan fingerprint density at radius 1 is 1.38 bits per heavy atom. The lowest BCUT2D eigenvalue weighted by Crippen LogP contribution is -2.56. The Kier molecular flexibility index (Phi) is 6.53. The SMILES string of the molecule is CCC(S)N(O)CC1CC2C3CCC4=CC(=O)C=CC4(C)C3C(O)CC2(C)C1C(=O)CO. The van der Waals surface area contributed by atoms with Crippen LogP contribution in [0.3, 0.4) is 0 Å². The van der Waals surface area contributed by atoms with Crippen LogP contribution in [0.25, 0.3) is 0 Å². The molecule has 0 bridgehead atoms. The third-order valence-corrected chi connectivity index (χ3v) is 9.93. The van der Waals surface area contributed by atoms with E-state index in [0.717, 1.165) is 24.8 Å². The van der Waals surface area contributed by atoms with E-state index < -0.39 is 24.0 Å². The van der Waals surface area contributed by atoms with Crippen LogP contribution in [0, 0.1) is 40.4 Å². The molecule has 0 radical (unpaired) electrons. The Morgan fingerprint density at radius 2 is 2.09 bits per heavy atom. The molecule has 0 amide bonds. The summed E-state index contributed by atoms with van der Waals surface area (Å²) in [5.74, 6) is -0.277. The molecule has 0 aromatic carbocycles. The summed E-state index contributed by atoms with van der Waals surface area (Å²) in [5, 5.41) is 32.7. The van der Waals surface area contributed by atoms with E-state index in [1.54, 1.807) is 12.2 Å². The van der Waals surface area contributed by atoms with Crippen molar-refractivity contribution in [1.82, 2.24) is 5.06 Å². The molecule has 6 nitrogen and oxygen atoms in total. The van der Waals surface area contributed by atoms with Gasteiger partial charge in [0.1, 0.15) is 6.61 Å². The number of hydrogen-bond donors (Lipinski definition) is 4. The lowest BCUT2D eigenvalue weighted by atomic mass is 9.46. The van der Waals surface area contributed by atoms with Gasteiger partial charge in [-0.15, -0.1) is 0 Å². The Morgan fingerprint density at radius 3 is 2.75 bits per heavy atom. The third kappa shape index (κ3) is 3.65. The number of carbonyl (C=O) groups is 2. The summed E-state index contributed by atoms with van der Waals surface area (Å²) < 4.78 is 0. The van der Waals surface area contributed by atoms with E-state index in [-0.39, 0.29) is 46.0 Å². The van der Waals surface area contributed by atoms with Crippen molar-refractivity contribution in [1.29, 1.82) is 0 Å². The van der Waals surface area contributed by atoms with Gasteiger partial charge >= 0.3 is 0 Å². The molecule has 0 saturated heterocycles. The lowest BCUT2D eigenvalue weighted by Gasteiger charge is -2.58. The summed E-state index contributed by atoms with van der Waals surface area (Å²) >= 11 is 4.44. The maximum atomic E-state index is 13.0. The van der Waals surface area contributed by atoms with Gasteiger partial charge < -0.3 is 15.4 Å². The van der Waals surface area contributed by atoms with Crippen LogP contribution in [0.2, 0.25) is 0 Å². The predicted molar refractivity (Wildman–Crippen MR) is 124 cm³/mol. The van der Waals surface area contributed by atoms with E-state index in [2.05, 4.69) is 26.5 Å². The molecular formula is C25H37NO5S. The van der Waals surface area contributed by atoms with Crippen molar-refractivity contribution in [2.45, 2.75) is 64.4 Å². The van der Waals surface area contributed by atoms with Crippen molar-refractivity contribution in [3.63, 3.8) is 0 Å². The fourth-order valence-corrected chi connectivity index (χ4v) is 8.08. The molecule has 4 rings (SSSR count). The average molecular weight is 464 g/mol. The molecule has 3 saturated carbocycles. The predicted octanol–water partition coefficient (Wildman–Crippen LogP) is 3.03. The summed E-state index contributed by atoms with van der Waals surface area (Å²) in [7, 11) is 0. The van der Waals surface area contributed by atoms with E-state index in [1.807, 2.05) is 13.0 Å². The molecule has 3 fully saturated rings. The Hall–Kier alpha value is -0.990. The van der Waals surface area contributed by atoms with Crippen LogP contribution in [0.5, 0.6) is 0 Å². The van der Waals surface area contributed by atoms with Crippen LogP contribution in [0.1, 0.15) is 52.9 Å². The minimum Gasteiger partial charge on any atom is -0.393 e. The first-order valence-corrected chi connectivity index (χ1v) is 12.5. The number of nitrogens with zero attached hydrogens (tertiary/aromatic N) is 1. The average Bonchev–Trinajstić information content (AvgIpc) is 3.03. The van der Waals surface area contributed by atoms with Gasteiger partial charge in [-0.1, -0.05) is 32.4 Å². The first-order valence-electron chi connectivity index (χ1n) is 12.0. The molecule has 7 heteroatoms. The molecule has 9 atom stereocenters. The Labute approximate surface area is 196 Å². The number of rotatable bonds is 6. The quantitative estimate of drug-likeness (QED) is 0.275. The second kappa shape index (κ2) is 8.66. The molecule has 3 N–H and O–H groups in total. The van der Waals surface area contributed by atoms with Crippen molar-refractivity contribution in [2.24, 2.45) is 40.4 Å². The zero-order valence-corrected chi connectivity index (χ0v) is 20.2. The maximum Gasteiger partial charge on any atom is 0.178 e. The van der Waals surface area contributed by atoms with Crippen LogP contribution in [-0.2, 0) is 9.59 Å². The molecule has 0 aromatic rings. The minimum atomic E-state index is -0.598. The van der Waals surface area contributed by atoms with Gasteiger partial charge in [-0.2, -0.15) is 17.7 Å². The highest BCUT2D eigenvalue weighted by Gasteiger charge is 2.64. The largest absolute Gasteiger partial charge is 0.393 e. The van der Waals surface area contributed by atoms with Gasteiger partial charge in [0.25, 0.3) is 0 Å². The van der Waals surface area contributed by atoms with Gasteiger partial charge in [0, 0.05) is 23.8 Å². The number of hydrogen-bond acceptors (Lipinski definition) is 7. The third-order valence-electron chi connectivity index (χ3n) is 9.30. The van der Waals surface area contributed by atoms with Crippen molar-refractivity contribution < 1.29 is 25.0 Å². The fourth-order valence-electron chi connectivity index (χ4n) is 7.99. The van der Waals surface area contributed by atoms with Crippen LogP contribution >= 0.6 is 12.6 Å². The number of ketones is 2. The zero-order chi connectivity index (χ0) is 23.4. The Bertz CT molecular complexity index is 842. The summed E-state index contributed by atoms with van der Waals surface area (Å²) in [5.41, 5.74) is 0.317. The molecule has 4 aliphatic carbocycles. The van der Waals surface area contributed by atoms with Crippen LogP contribution in [0.15, 0.2) is 23.8 Å². The number of hydroxylamine groups is 2. The number of aliphatic hydroxyl groups excluding tert-OH is 2. The monoisotopic (exact) mass is 463 g/mol. The maximum absolute atomic E-state index is 13.0. The van der Waals surface area contributed by atoms with Gasteiger partial charge in [-0.05, 0) is 67.4 Å². The molecule has 0 aromatic heterocycles. The number of thiol groups is 1. The van der Waals surface area contributed by atoms with E-state index >= 15 is 0 Å². The molecule has 4 aliphatic rings. The first-order chi connectivity index (χ1) is 15.1. The van der Waals surface area contributed by atoms with Crippen molar-refractivity contribution >= 4 is 24.2 Å². The van der Waals surface area contributed by atoms with Gasteiger partial charge in [-0.3, -0.25) is 9.59 Å². The highest BCUT2D eigenvalue weighted by molar-refractivity contribution is 7.80. The molecule has 0 heterocycles. The Balaban J connectivity index is 1.69. The number of allylic oxidation sites excluding steroid dienone is 4. The molecule has 0 aliphatic heterocycles. The molecule has 9 unspecified atom stereocenters. The van der Waals surface area contributed by atoms with Gasteiger partial charge in [0.05, 0.1) is 11.5 Å². The fraction of sp³-hybridized carbons (Fsp3) is 0.760. The molecule has 178 valence electrons. The highest BCUT2D eigenvalue weighted by Crippen LogP contribution is 2.67. The van der Waals surface area contributed by atoms with Crippen LogP contribution < -0.4 is 0 Å². The molecule has 32 heavy (non-hydrogen) atoms. The second-order valence-corrected chi connectivity index (χ2v) is 11.5. The summed E-state index contributed by atoms with van der Waals surface area (Å²) in [6.07, 6.45) is 8.39. The smallest absolute Gasteiger partial charge is 0.178 e. The van der Waals surface area contributed by atoms with Crippen molar-refractivity contribution in [3.8, 4) is 0 Å². The first kappa shape index (κ1) is 24.1.